The topological polar surface area (TPSA) is 3.24 Å². The van der Waals surface area contributed by atoms with Crippen LogP contribution in [0.3, 0.4) is 0 Å². The number of halogens is 1. The van der Waals surface area contributed by atoms with Crippen molar-refractivity contribution in [3.63, 3.8) is 0 Å². The first-order valence-corrected chi connectivity index (χ1v) is 3.71. The van der Waals surface area contributed by atoms with Crippen LogP contribution in [-0.2, 0) is 0 Å². The molecule has 0 unspecified atom stereocenters. The summed E-state index contributed by atoms with van der Waals surface area (Å²) in [7, 11) is 0. The maximum Gasteiger partial charge on any atom is 0.125 e. The van der Waals surface area contributed by atoms with Gasteiger partial charge < -0.3 is 0 Å². The summed E-state index contributed by atoms with van der Waals surface area (Å²) >= 11 is 0. The van der Waals surface area contributed by atoms with E-state index in [2.05, 4.69) is 4.90 Å². The Hall–Kier alpha value is -0.110. The van der Waals surface area contributed by atoms with Crippen molar-refractivity contribution in [2.24, 2.45) is 5.92 Å². The lowest BCUT2D eigenvalue weighted by atomic mass is 10.2. The van der Waals surface area contributed by atoms with Gasteiger partial charge in [-0.05, 0) is 18.8 Å². The summed E-state index contributed by atoms with van der Waals surface area (Å²) in [6, 6.07) is 0. The van der Waals surface area contributed by atoms with Gasteiger partial charge in [-0.25, -0.2) is 4.39 Å². The number of hydrogen-bond donors (Lipinski definition) is 0. The zero-order valence-corrected chi connectivity index (χ0v) is 5.52. The van der Waals surface area contributed by atoms with Crippen LogP contribution < -0.4 is 0 Å². The smallest absolute Gasteiger partial charge is 0.125 e. The Balaban J connectivity index is 1.64. The molecule has 9 heavy (non-hydrogen) atoms. The first kappa shape index (κ1) is 5.66. The largest absolute Gasteiger partial charge is 0.297 e. The van der Waals surface area contributed by atoms with Crippen molar-refractivity contribution in [1.29, 1.82) is 0 Å². The summed E-state index contributed by atoms with van der Waals surface area (Å²) < 4.78 is 12.2. The summed E-state index contributed by atoms with van der Waals surface area (Å²) in [5.74, 6) is 0.928. The van der Waals surface area contributed by atoms with Gasteiger partial charge in [0.2, 0.25) is 0 Å². The monoisotopic (exact) mass is 129 g/mol. The van der Waals surface area contributed by atoms with Gasteiger partial charge >= 0.3 is 0 Å². The second-order valence-corrected chi connectivity index (χ2v) is 3.26. The highest BCUT2D eigenvalue weighted by molar-refractivity contribution is 4.85. The first-order valence-electron chi connectivity index (χ1n) is 3.71. The molecular weight excluding hydrogens is 117 g/mol. The van der Waals surface area contributed by atoms with E-state index >= 15 is 0 Å². The number of alkyl halides is 1. The fourth-order valence-electron chi connectivity index (χ4n) is 1.32. The number of hydrogen-bond acceptors (Lipinski definition) is 1. The minimum Gasteiger partial charge on any atom is -0.297 e. The molecule has 0 bridgehead atoms. The van der Waals surface area contributed by atoms with Crippen LogP contribution in [0.4, 0.5) is 4.39 Å². The molecule has 0 N–H and O–H groups in total. The van der Waals surface area contributed by atoms with Crippen molar-refractivity contribution in [3.8, 4) is 0 Å². The third-order valence-electron chi connectivity index (χ3n) is 2.13. The molecule has 0 aromatic heterocycles. The minimum atomic E-state index is -0.510. The summed E-state index contributed by atoms with van der Waals surface area (Å²) in [5.41, 5.74) is 0. The van der Waals surface area contributed by atoms with Crippen molar-refractivity contribution in [2.75, 3.05) is 19.6 Å². The van der Waals surface area contributed by atoms with Crippen LogP contribution in [0.5, 0.6) is 0 Å². The van der Waals surface area contributed by atoms with Crippen molar-refractivity contribution < 1.29 is 4.39 Å². The van der Waals surface area contributed by atoms with E-state index in [1.54, 1.807) is 0 Å². The van der Waals surface area contributed by atoms with Gasteiger partial charge in [-0.3, -0.25) is 4.90 Å². The molecule has 1 aliphatic heterocycles. The van der Waals surface area contributed by atoms with Crippen LogP contribution in [0.2, 0.25) is 0 Å². The van der Waals surface area contributed by atoms with E-state index in [4.69, 9.17) is 0 Å². The van der Waals surface area contributed by atoms with E-state index < -0.39 is 6.17 Å². The van der Waals surface area contributed by atoms with Crippen LogP contribution in [-0.4, -0.2) is 30.7 Å². The number of rotatable bonds is 2. The number of likely N-dealkylation sites (tertiary alicyclic amines) is 1. The molecule has 1 aliphatic carbocycles. The third kappa shape index (κ3) is 1.23. The van der Waals surface area contributed by atoms with Crippen molar-refractivity contribution in [3.05, 3.63) is 0 Å². The predicted molar refractivity (Wildman–Crippen MR) is 34.1 cm³/mol. The molecule has 1 nitrogen and oxygen atoms in total. The Morgan fingerprint density at radius 1 is 1.33 bits per heavy atom. The molecule has 0 amide bonds. The molecule has 0 atom stereocenters. The van der Waals surface area contributed by atoms with E-state index in [0.717, 1.165) is 5.92 Å². The molecule has 0 aromatic carbocycles. The molecule has 1 saturated heterocycles. The predicted octanol–water partition coefficient (Wildman–Crippen LogP) is 1.05. The molecule has 0 radical (unpaired) electrons. The summed E-state index contributed by atoms with van der Waals surface area (Å²) in [6.45, 7) is 2.58. The Morgan fingerprint density at radius 3 is 2.44 bits per heavy atom. The van der Waals surface area contributed by atoms with E-state index in [-0.39, 0.29) is 0 Å². The van der Waals surface area contributed by atoms with Crippen LogP contribution in [0.1, 0.15) is 12.8 Å². The molecule has 2 rings (SSSR count). The maximum atomic E-state index is 12.2. The highest BCUT2D eigenvalue weighted by Gasteiger charge is 2.31. The highest BCUT2D eigenvalue weighted by atomic mass is 19.1. The highest BCUT2D eigenvalue weighted by Crippen LogP contribution is 2.31. The molecular formula is C7H12FN. The molecule has 1 heterocycles. The van der Waals surface area contributed by atoms with Crippen molar-refractivity contribution in [1.82, 2.24) is 4.90 Å². The Kier molecular flexibility index (Phi) is 1.22. The lowest BCUT2D eigenvalue weighted by Crippen LogP contribution is -2.48. The molecule has 1 saturated carbocycles. The summed E-state index contributed by atoms with van der Waals surface area (Å²) in [5, 5.41) is 0. The van der Waals surface area contributed by atoms with Gasteiger partial charge in [0.25, 0.3) is 0 Å². The molecule has 0 spiro atoms. The molecule has 2 heteroatoms. The van der Waals surface area contributed by atoms with Gasteiger partial charge in [0.05, 0.1) is 0 Å². The lowest BCUT2D eigenvalue weighted by Gasteiger charge is -2.34. The quantitative estimate of drug-likeness (QED) is 0.538. The normalized spacial score (nSPS) is 30.3. The number of nitrogens with zero attached hydrogens (tertiary/aromatic N) is 1. The second-order valence-electron chi connectivity index (χ2n) is 3.26. The van der Waals surface area contributed by atoms with E-state index in [1.807, 2.05) is 0 Å². The minimum absolute atomic E-state index is 0.510. The summed E-state index contributed by atoms with van der Waals surface area (Å²) in [4.78, 5) is 2.21. The fraction of sp³-hybridized carbons (Fsp3) is 1.00. The van der Waals surface area contributed by atoms with E-state index in [9.17, 15) is 4.39 Å². The molecule has 2 fully saturated rings. The zero-order valence-electron chi connectivity index (χ0n) is 5.52. The third-order valence-corrected chi connectivity index (χ3v) is 2.13. The standard InChI is InChI=1S/C7H12FN/c8-7-4-9(5-7)3-6-1-2-6/h6-7H,1-5H2. The Morgan fingerprint density at radius 2 is 2.00 bits per heavy atom. The van der Waals surface area contributed by atoms with E-state index in [1.165, 1.54) is 19.4 Å². The second kappa shape index (κ2) is 1.94. The lowest BCUT2D eigenvalue weighted by molar-refractivity contribution is 0.0618. The van der Waals surface area contributed by atoms with Crippen molar-refractivity contribution in [2.45, 2.75) is 19.0 Å². The van der Waals surface area contributed by atoms with Crippen LogP contribution in [0, 0.1) is 5.92 Å². The van der Waals surface area contributed by atoms with Gasteiger partial charge in [0.1, 0.15) is 6.17 Å². The van der Waals surface area contributed by atoms with Crippen LogP contribution >= 0.6 is 0 Å². The Bertz CT molecular complexity index is 105. The van der Waals surface area contributed by atoms with Crippen molar-refractivity contribution >= 4 is 0 Å². The SMILES string of the molecule is FC1CN(CC2CC2)C1. The molecule has 2 aliphatic rings. The van der Waals surface area contributed by atoms with Gasteiger partial charge in [0.15, 0.2) is 0 Å². The van der Waals surface area contributed by atoms with Gasteiger partial charge in [-0.1, -0.05) is 0 Å². The Labute approximate surface area is 54.8 Å². The van der Waals surface area contributed by atoms with Gasteiger partial charge in [-0.15, -0.1) is 0 Å². The average Bonchev–Trinajstić information content (AvgIpc) is 2.45. The summed E-state index contributed by atoms with van der Waals surface area (Å²) in [6.07, 6.45) is 2.25. The van der Waals surface area contributed by atoms with E-state index in [0.29, 0.717) is 13.1 Å². The molecule has 0 aromatic rings. The van der Waals surface area contributed by atoms with Crippen LogP contribution in [0.25, 0.3) is 0 Å². The average molecular weight is 129 g/mol. The zero-order chi connectivity index (χ0) is 6.27. The van der Waals surface area contributed by atoms with Crippen LogP contribution in [0.15, 0.2) is 0 Å². The molecule has 52 valence electrons. The van der Waals surface area contributed by atoms with Gasteiger partial charge in [-0.2, -0.15) is 0 Å². The fourth-order valence-corrected chi connectivity index (χ4v) is 1.32. The first-order chi connectivity index (χ1) is 4.34. The maximum absolute atomic E-state index is 12.2. The van der Waals surface area contributed by atoms with Gasteiger partial charge in [0, 0.05) is 19.6 Å².